The SMILES string of the molecule is CCCCC(NC(=O)c1ccc2c(c1)CCC2)C(=O)O. The zero-order valence-corrected chi connectivity index (χ0v) is 11.8. The average molecular weight is 275 g/mol. The van der Waals surface area contributed by atoms with Crippen molar-refractivity contribution in [1.29, 1.82) is 0 Å². The van der Waals surface area contributed by atoms with Crippen LogP contribution < -0.4 is 5.32 Å². The van der Waals surface area contributed by atoms with Gasteiger partial charge in [0.05, 0.1) is 0 Å². The summed E-state index contributed by atoms with van der Waals surface area (Å²) in [6.45, 7) is 2.00. The normalized spacial score (nSPS) is 14.7. The van der Waals surface area contributed by atoms with Crippen molar-refractivity contribution >= 4 is 11.9 Å². The monoisotopic (exact) mass is 275 g/mol. The number of benzene rings is 1. The molecule has 108 valence electrons. The molecule has 1 amide bonds. The second kappa shape index (κ2) is 6.55. The summed E-state index contributed by atoms with van der Waals surface area (Å²) in [5.41, 5.74) is 3.09. The molecule has 20 heavy (non-hydrogen) atoms. The zero-order valence-electron chi connectivity index (χ0n) is 11.8. The molecule has 4 heteroatoms. The average Bonchev–Trinajstić information content (AvgIpc) is 2.90. The Balaban J connectivity index is 2.04. The number of carboxylic acids is 1. The Kier molecular flexibility index (Phi) is 4.77. The molecule has 0 spiro atoms. The van der Waals surface area contributed by atoms with Crippen LogP contribution in [0.25, 0.3) is 0 Å². The number of carbonyl (C=O) groups is 2. The standard InChI is InChI=1S/C16H21NO3/c1-2-3-7-14(16(19)20)17-15(18)13-9-8-11-5-4-6-12(11)10-13/h8-10,14H,2-7H2,1H3,(H,17,18)(H,19,20). The highest BCUT2D eigenvalue weighted by atomic mass is 16.4. The van der Waals surface area contributed by atoms with Crippen LogP contribution in [0.5, 0.6) is 0 Å². The number of rotatable bonds is 6. The molecular weight excluding hydrogens is 254 g/mol. The van der Waals surface area contributed by atoms with Gasteiger partial charge in [0, 0.05) is 5.56 Å². The van der Waals surface area contributed by atoms with Gasteiger partial charge in [0.1, 0.15) is 6.04 Å². The predicted molar refractivity (Wildman–Crippen MR) is 76.9 cm³/mol. The molecule has 1 aromatic rings. The van der Waals surface area contributed by atoms with Gasteiger partial charge in [0.15, 0.2) is 0 Å². The third kappa shape index (κ3) is 3.38. The molecule has 1 aromatic carbocycles. The van der Waals surface area contributed by atoms with E-state index in [9.17, 15) is 9.59 Å². The van der Waals surface area contributed by atoms with E-state index in [1.807, 2.05) is 19.1 Å². The summed E-state index contributed by atoms with van der Waals surface area (Å²) >= 11 is 0. The highest BCUT2D eigenvalue weighted by molar-refractivity contribution is 5.96. The van der Waals surface area contributed by atoms with Crippen LogP contribution in [-0.2, 0) is 17.6 Å². The molecule has 1 aliphatic carbocycles. The van der Waals surface area contributed by atoms with E-state index >= 15 is 0 Å². The Morgan fingerprint density at radius 2 is 2.05 bits per heavy atom. The molecular formula is C16H21NO3. The molecule has 0 aliphatic heterocycles. The van der Waals surface area contributed by atoms with E-state index in [0.717, 1.165) is 32.1 Å². The Labute approximate surface area is 119 Å². The van der Waals surface area contributed by atoms with E-state index in [4.69, 9.17) is 5.11 Å². The Morgan fingerprint density at radius 3 is 2.75 bits per heavy atom. The van der Waals surface area contributed by atoms with Crippen molar-refractivity contribution in [1.82, 2.24) is 5.32 Å². The van der Waals surface area contributed by atoms with E-state index in [-0.39, 0.29) is 5.91 Å². The largest absolute Gasteiger partial charge is 0.480 e. The molecule has 0 fully saturated rings. The summed E-state index contributed by atoms with van der Waals surface area (Å²) in [5.74, 6) is -1.25. The summed E-state index contributed by atoms with van der Waals surface area (Å²) in [6, 6.07) is 4.88. The maximum absolute atomic E-state index is 12.1. The molecule has 2 N–H and O–H groups in total. The molecule has 0 aromatic heterocycles. The Bertz CT molecular complexity index is 510. The van der Waals surface area contributed by atoms with Crippen molar-refractivity contribution in [3.63, 3.8) is 0 Å². The summed E-state index contributed by atoms with van der Waals surface area (Å²) in [6.07, 6.45) is 5.40. The molecule has 0 saturated heterocycles. The number of aryl methyl sites for hydroxylation is 2. The third-order valence-electron chi connectivity index (χ3n) is 3.81. The maximum Gasteiger partial charge on any atom is 0.326 e. The topological polar surface area (TPSA) is 66.4 Å². The molecule has 0 radical (unpaired) electrons. The van der Waals surface area contributed by atoms with Gasteiger partial charge in [-0.25, -0.2) is 4.79 Å². The van der Waals surface area contributed by atoms with Crippen molar-refractivity contribution in [2.24, 2.45) is 0 Å². The highest BCUT2D eigenvalue weighted by Crippen LogP contribution is 2.22. The quantitative estimate of drug-likeness (QED) is 0.838. The van der Waals surface area contributed by atoms with E-state index in [2.05, 4.69) is 5.32 Å². The number of aliphatic carboxylic acids is 1. The fourth-order valence-electron chi connectivity index (χ4n) is 2.62. The lowest BCUT2D eigenvalue weighted by molar-refractivity contribution is -0.139. The van der Waals surface area contributed by atoms with Gasteiger partial charge in [-0.15, -0.1) is 0 Å². The molecule has 2 rings (SSSR count). The first-order valence-corrected chi connectivity index (χ1v) is 7.27. The lowest BCUT2D eigenvalue weighted by Gasteiger charge is -2.14. The van der Waals surface area contributed by atoms with Crippen molar-refractivity contribution in [2.75, 3.05) is 0 Å². The highest BCUT2D eigenvalue weighted by Gasteiger charge is 2.21. The number of carboxylic acid groups (broad SMARTS) is 1. The van der Waals surface area contributed by atoms with Crippen LogP contribution in [0.1, 0.15) is 54.1 Å². The van der Waals surface area contributed by atoms with Crippen molar-refractivity contribution < 1.29 is 14.7 Å². The molecule has 0 bridgehead atoms. The number of hydrogen-bond acceptors (Lipinski definition) is 2. The summed E-state index contributed by atoms with van der Waals surface area (Å²) < 4.78 is 0. The minimum atomic E-state index is -0.965. The number of nitrogens with one attached hydrogen (secondary N) is 1. The van der Waals surface area contributed by atoms with Crippen LogP contribution in [0.15, 0.2) is 18.2 Å². The van der Waals surface area contributed by atoms with Gasteiger partial charge in [0.25, 0.3) is 5.91 Å². The first-order chi connectivity index (χ1) is 9.61. The third-order valence-corrected chi connectivity index (χ3v) is 3.81. The number of amides is 1. The zero-order chi connectivity index (χ0) is 14.5. The number of fused-ring (bicyclic) bond motifs is 1. The van der Waals surface area contributed by atoms with E-state index in [1.165, 1.54) is 11.1 Å². The van der Waals surface area contributed by atoms with E-state index < -0.39 is 12.0 Å². The van der Waals surface area contributed by atoms with Gasteiger partial charge in [-0.1, -0.05) is 25.8 Å². The van der Waals surface area contributed by atoms with Crippen molar-refractivity contribution in [3.05, 3.63) is 34.9 Å². The minimum absolute atomic E-state index is 0.289. The van der Waals surface area contributed by atoms with Crippen LogP contribution in [0, 0.1) is 0 Å². The van der Waals surface area contributed by atoms with Gasteiger partial charge < -0.3 is 10.4 Å². The Hall–Kier alpha value is -1.84. The van der Waals surface area contributed by atoms with Crippen LogP contribution >= 0.6 is 0 Å². The second-order valence-electron chi connectivity index (χ2n) is 5.34. The number of unbranched alkanes of at least 4 members (excludes halogenated alkanes) is 1. The summed E-state index contributed by atoms with van der Waals surface area (Å²) in [4.78, 5) is 23.3. The van der Waals surface area contributed by atoms with E-state index in [0.29, 0.717) is 12.0 Å². The lowest BCUT2D eigenvalue weighted by atomic mass is 10.0. The molecule has 1 atom stereocenters. The van der Waals surface area contributed by atoms with E-state index in [1.54, 1.807) is 6.07 Å². The molecule has 4 nitrogen and oxygen atoms in total. The fraction of sp³-hybridized carbons (Fsp3) is 0.500. The molecule has 1 aliphatic rings. The van der Waals surface area contributed by atoms with Gasteiger partial charge >= 0.3 is 5.97 Å². The van der Waals surface area contributed by atoms with Crippen LogP contribution in [-0.4, -0.2) is 23.0 Å². The molecule has 1 unspecified atom stereocenters. The van der Waals surface area contributed by atoms with Crippen LogP contribution in [0.3, 0.4) is 0 Å². The van der Waals surface area contributed by atoms with Gasteiger partial charge in [-0.2, -0.15) is 0 Å². The smallest absolute Gasteiger partial charge is 0.326 e. The summed E-state index contributed by atoms with van der Waals surface area (Å²) in [7, 11) is 0. The second-order valence-corrected chi connectivity index (χ2v) is 5.34. The first-order valence-electron chi connectivity index (χ1n) is 7.27. The van der Waals surface area contributed by atoms with Gasteiger partial charge in [-0.05, 0) is 48.9 Å². The first kappa shape index (κ1) is 14.6. The summed E-state index contributed by atoms with van der Waals surface area (Å²) in [5, 5.41) is 11.8. The molecule has 0 saturated carbocycles. The number of carbonyl (C=O) groups excluding carboxylic acids is 1. The minimum Gasteiger partial charge on any atom is -0.480 e. The van der Waals surface area contributed by atoms with Gasteiger partial charge in [0.2, 0.25) is 0 Å². The van der Waals surface area contributed by atoms with Gasteiger partial charge in [-0.3, -0.25) is 4.79 Å². The number of hydrogen-bond donors (Lipinski definition) is 2. The fourth-order valence-corrected chi connectivity index (χ4v) is 2.62. The Morgan fingerprint density at radius 1 is 1.30 bits per heavy atom. The maximum atomic E-state index is 12.1. The lowest BCUT2D eigenvalue weighted by Crippen LogP contribution is -2.40. The van der Waals surface area contributed by atoms with Crippen LogP contribution in [0.2, 0.25) is 0 Å². The van der Waals surface area contributed by atoms with Crippen molar-refractivity contribution in [2.45, 2.75) is 51.5 Å². The van der Waals surface area contributed by atoms with Crippen LogP contribution in [0.4, 0.5) is 0 Å². The van der Waals surface area contributed by atoms with Crippen molar-refractivity contribution in [3.8, 4) is 0 Å². The predicted octanol–water partition coefficient (Wildman–Crippen LogP) is 2.55. The molecule has 0 heterocycles.